The molecule has 0 aromatic heterocycles. The lowest BCUT2D eigenvalue weighted by Crippen LogP contribution is -2.49. The Morgan fingerprint density at radius 3 is 2.55 bits per heavy atom. The van der Waals surface area contributed by atoms with Gasteiger partial charge in [0.1, 0.15) is 0 Å². The highest BCUT2D eigenvalue weighted by Crippen LogP contribution is 2.14. The number of thiocarbonyl (C=S) groups is 1. The average Bonchev–Trinajstić information content (AvgIpc) is 2.45. The van der Waals surface area contributed by atoms with Crippen molar-refractivity contribution in [3.8, 4) is 0 Å². The van der Waals surface area contributed by atoms with Crippen LogP contribution in [0.4, 0.5) is 0 Å². The molecule has 0 unspecified atom stereocenters. The third-order valence-corrected chi connectivity index (χ3v) is 3.40. The molecule has 0 spiro atoms. The lowest BCUT2D eigenvalue weighted by molar-refractivity contribution is 0.0943. The number of nitrogens with one attached hydrogen (secondary N) is 3. The van der Waals surface area contributed by atoms with Gasteiger partial charge in [-0.25, -0.2) is 0 Å². The Kier molecular flexibility index (Phi) is 7.35. The van der Waals surface area contributed by atoms with Crippen LogP contribution in [0.1, 0.15) is 17.3 Å². The van der Waals surface area contributed by atoms with Gasteiger partial charge in [0.25, 0.3) is 5.91 Å². The molecule has 110 valence electrons. The Balaban J connectivity index is 2.40. The smallest absolute Gasteiger partial charge is 0.269 e. The van der Waals surface area contributed by atoms with E-state index in [4.69, 9.17) is 17.0 Å². The molecule has 1 aromatic carbocycles. The van der Waals surface area contributed by atoms with Crippen LogP contribution in [0.2, 0.25) is 0 Å². The van der Waals surface area contributed by atoms with Gasteiger partial charge in [0.15, 0.2) is 5.11 Å². The zero-order valence-electron chi connectivity index (χ0n) is 11.7. The number of carbonyl (C=O) groups is 1. The fourth-order valence-electron chi connectivity index (χ4n) is 1.48. The van der Waals surface area contributed by atoms with Crippen molar-refractivity contribution in [2.45, 2.75) is 17.9 Å². The van der Waals surface area contributed by atoms with Crippen LogP contribution in [0.5, 0.6) is 0 Å². The van der Waals surface area contributed by atoms with E-state index in [2.05, 4.69) is 16.2 Å². The summed E-state index contributed by atoms with van der Waals surface area (Å²) < 4.78 is 4.98. The summed E-state index contributed by atoms with van der Waals surface area (Å²) in [6.07, 6.45) is 1.99. The molecule has 20 heavy (non-hydrogen) atoms. The van der Waals surface area contributed by atoms with Crippen molar-refractivity contribution in [1.29, 1.82) is 0 Å². The van der Waals surface area contributed by atoms with Gasteiger partial charge in [-0.05, 0) is 49.7 Å². The Morgan fingerprint density at radius 2 is 2.00 bits per heavy atom. The number of hydrogen-bond acceptors (Lipinski definition) is 4. The van der Waals surface area contributed by atoms with Crippen molar-refractivity contribution in [2.24, 2.45) is 0 Å². The van der Waals surface area contributed by atoms with Gasteiger partial charge in [0, 0.05) is 23.6 Å². The van der Waals surface area contributed by atoms with Crippen LogP contribution in [0.15, 0.2) is 29.2 Å². The molecule has 3 N–H and O–H groups in total. The summed E-state index contributed by atoms with van der Waals surface area (Å²) in [6.45, 7) is 2.46. The van der Waals surface area contributed by atoms with Crippen LogP contribution in [0.3, 0.4) is 0 Å². The minimum atomic E-state index is -0.235. The van der Waals surface area contributed by atoms with Gasteiger partial charge >= 0.3 is 0 Å². The van der Waals surface area contributed by atoms with Crippen LogP contribution in [-0.2, 0) is 4.74 Å². The molecule has 0 aliphatic heterocycles. The van der Waals surface area contributed by atoms with E-state index in [1.165, 1.54) is 0 Å². The van der Waals surface area contributed by atoms with E-state index in [1.54, 1.807) is 31.0 Å². The number of methoxy groups -OCH3 is 1. The molecule has 0 saturated heterocycles. The van der Waals surface area contributed by atoms with Gasteiger partial charge in [0.2, 0.25) is 0 Å². The molecular weight excluding hydrogens is 294 g/mol. The van der Waals surface area contributed by atoms with E-state index < -0.39 is 0 Å². The number of thioether (sulfide) groups is 1. The zero-order chi connectivity index (χ0) is 15.0. The second-order valence-corrected chi connectivity index (χ2v) is 5.43. The number of ether oxygens (including phenoxy) is 1. The summed E-state index contributed by atoms with van der Waals surface area (Å²) in [6, 6.07) is 7.41. The maximum absolute atomic E-state index is 11.9. The predicted molar refractivity (Wildman–Crippen MR) is 85.9 cm³/mol. The van der Waals surface area contributed by atoms with Gasteiger partial charge in [0.05, 0.1) is 6.61 Å². The fourth-order valence-corrected chi connectivity index (χ4v) is 2.14. The van der Waals surface area contributed by atoms with Crippen molar-refractivity contribution >= 4 is 35.0 Å². The molecule has 1 aromatic rings. The molecule has 1 rings (SSSR count). The summed E-state index contributed by atoms with van der Waals surface area (Å²) in [5, 5.41) is 3.33. The van der Waals surface area contributed by atoms with Crippen molar-refractivity contribution < 1.29 is 9.53 Å². The second kappa shape index (κ2) is 8.78. The summed E-state index contributed by atoms with van der Waals surface area (Å²) in [7, 11) is 1.62. The van der Waals surface area contributed by atoms with Gasteiger partial charge in [-0.2, -0.15) is 0 Å². The summed E-state index contributed by atoms with van der Waals surface area (Å²) in [4.78, 5) is 13.0. The van der Waals surface area contributed by atoms with Gasteiger partial charge < -0.3 is 10.1 Å². The lowest BCUT2D eigenvalue weighted by atomic mass is 10.2. The number of hydrazine groups is 1. The number of rotatable bonds is 5. The molecule has 0 aliphatic rings. The SMILES string of the molecule is COC[C@@H](C)NC(=S)NNC(=O)c1ccc(SC)cc1. The highest BCUT2D eigenvalue weighted by Gasteiger charge is 2.07. The van der Waals surface area contributed by atoms with E-state index in [-0.39, 0.29) is 11.9 Å². The third kappa shape index (κ3) is 5.77. The molecule has 0 radical (unpaired) electrons. The van der Waals surface area contributed by atoms with Gasteiger partial charge in [-0.3, -0.25) is 15.6 Å². The number of benzene rings is 1. The molecular formula is C13H19N3O2S2. The van der Waals surface area contributed by atoms with Crippen LogP contribution >= 0.6 is 24.0 Å². The summed E-state index contributed by atoms with van der Waals surface area (Å²) in [5.41, 5.74) is 5.77. The van der Waals surface area contributed by atoms with E-state index >= 15 is 0 Å². The van der Waals surface area contributed by atoms with Crippen molar-refractivity contribution in [3.63, 3.8) is 0 Å². The van der Waals surface area contributed by atoms with E-state index in [1.807, 2.05) is 25.3 Å². The molecule has 1 atom stereocenters. The van der Waals surface area contributed by atoms with Crippen molar-refractivity contribution in [2.75, 3.05) is 20.0 Å². The predicted octanol–water partition coefficient (Wildman–Crippen LogP) is 1.55. The number of amides is 1. The monoisotopic (exact) mass is 313 g/mol. The Labute approximate surface area is 128 Å². The van der Waals surface area contributed by atoms with Gasteiger partial charge in [-0.1, -0.05) is 0 Å². The molecule has 0 bridgehead atoms. The fraction of sp³-hybridized carbons (Fsp3) is 0.385. The highest BCUT2D eigenvalue weighted by atomic mass is 32.2. The van der Waals surface area contributed by atoms with E-state index in [9.17, 15) is 4.79 Å². The Hall–Kier alpha value is -1.31. The zero-order valence-corrected chi connectivity index (χ0v) is 13.4. The normalized spacial score (nSPS) is 11.6. The van der Waals surface area contributed by atoms with Crippen LogP contribution < -0.4 is 16.2 Å². The molecule has 1 amide bonds. The van der Waals surface area contributed by atoms with Gasteiger partial charge in [-0.15, -0.1) is 11.8 Å². The first-order valence-corrected chi connectivity index (χ1v) is 7.70. The molecule has 5 nitrogen and oxygen atoms in total. The quantitative estimate of drug-likeness (QED) is 0.436. The second-order valence-electron chi connectivity index (χ2n) is 4.14. The Morgan fingerprint density at radius 1 is 1.35 bits per heavy atom. The first kappa shape index (κ1) is 16.7. The third-order valence-electron chi connectivity index (χ3n) is 2.44. The standard InChI is InChI=1S/C13H19N3O2S2/c1-9(8-18-2)14-13(19)16-15-12(17)10-4-6-11(20-3)7-5-10/h4-7,9H,8H2,1-3H3,(H,15,17)(H2,14,16,19)/t9-/m1/s1. The minimum absolute atomic E-state index is 0.0674. The highest BCUT2D eigenvalue weighted by molar-refractivity contribution is 7.98. The van der Waals surface area contributed by atoms with Crippen molar-refractivity contribution in [1.82, 2.24) is 16.2 Å². The maximum atomic E-state index is 11.9. The topological polar surface area (TPSA) is 62.4 Å². The molecule has 7 heteroatoms. The lowest BCUT2D eigenvalue weighted by Gasteiger charge is -2.16. The molecule has 0 fully saturated rings. The van der Waals surface area contributed by atoms with E-state index in [0.717, 1.165) is 4.90 Å². The molecule has 0 aliphatic carbocycles. The molecule has 0 heterocycles. The van der Waals surface area contributed by atoms with E-state index in [0.29, 0.717) is 17.3 Å². The maximum Gasteiger partial charge on any atom is 0.269 e. The van der Waals surface area contributed by atoms with Crippen molar-refractivity contribution in [3.05, 3.63) is 29.8 Å². The Bertz CT molecular complexity index is 451. The first-order chi connectivity index (χ1) is 9.56. The first-order valence-electron chi connectivity index (χ1n) is 6.06. The van der Waals surface area contributed by atoms with Crippen LogP contribution in [0.25, 0.3) is 0 Å². The van der Waals surface area contributed by atoms with Crippen LogP contribution in [0, 0.1) is 0 Å². The molecule has 0 saturated carbocycles. The summed E-state index contributed by atoms with van der Waals surface area (Å²) >= 11 is 6.69. The average molecular weight is 313 g/mol. The largest absolute Gasteiger partial charge is 0.383 e. The van der Waals surface area contributed by atoms with Crippen LogP contribution in [-0.4, -0.2) is 37.0 Å². The minimum Gasteiger partial charge on any atom is -0.383 e. The number of hydrogen-bond donors (Lipinski definition) is 3. The summed E-state index contributed by atoms with van der Waals surface area (Å²) in [5.74, 6) is -0.235. The number of carbonyl (C=O) groups excluding carboxylic acids is 1.